The molecule has 20 heavy (non-hydrogen) atoms. The first-order chi connectivity index (χ1) is 9.75. The van der Waals surface area contributed by atoms with Crippen LogP contribution >= 0.6 is 0 Å². The van der Waals surface area contributed by atoms with Gasteiger partial charge in [0.25, 0.3) is 11.8 Å². The number of nitrogens with zero attached hydrogens (tertiary/aromatic N) is 1. The van der Waals surface area contributed by atoms with E-state index in [9.17, 15) is 9.59 Å². The van der Waals surface area contributed by atoms with Gasteiger partial charge < -0.3 is 0 Å². The number of hydrogen-bond acceptors (Lipinski definition) is 3. The van der Waals surface area contributed by atoms with E-state index in [2.05, 4.69) is 15.5 Å². The number of fused-ring (bicyclic) bond motifs is 3. The highest BCUT2D eigenvalue weighted by Gasteiger charge is 2.32. The largest absolute Gasteiger partial charge is 0.288 e. The van der Waals surface area contributed by atoms with E-state index < -0.39 is 0 Å². The Balaban J connectivity index is 2.19. The van der Waals surface area contributed by atoms with Gasteiger partial charge in [0.15, 0.2) is 0 Å². The smallest absolute Gasteiger partial charge is 0.259 e. The Morgan fingerprint density at radius 1 is 1.00 bits per heavy atom. The highest BCUT2D eigenvalue weighted by atomic mass is 16.2. The normalized spacial score (nSPS) is 13.6. The molecule has 0 unspecified atom stereocenters. The van der Waals surface area contributed by atoms with Crippen LogP contribution in [0.25, 0.3) is 21.9 Å². The summed E-state index contributed by atoms with van der Waals surface area (Å²) in [4.78, 5) is 24.1. The lowest BCUT2D eigenvalue weighted by Gasteiger charge is -2.07. The van der Waals surface area contributed by atoms with E-state index in [1.807, 2.05) is 30.3 Å². The average Bonchev–Trinajstić information content (AvgIpc) is 3.07. The molecule has 0 atom stereocenters. The zero-order valence-corrected chi connectivity index (χ0v) is 10.3. The van der Waals surface area contributed by atoms with Crippen LogP contribution in [0.15, 0.2) is 42.7 Å². The fraction of sp³-hybridized carbons (Fsp3) is 0. The molecule has 4 rings (SSSR count). The third-order valence-corrected chi connectivity index (χ3v) is 3.54. The average molecular weight is 263 g/mol. The Bertz CT molecular complexity index is 866. The summed E-state index contributed by atoms with van der Waals surface area (Å²) in [5.74, 6) is -0.696. The van der Waals surface area contributed by atoms with Crippen molar-refractivity contribution in [2.45, 2.75) is 0 Å². The Labute approximate surface area is 113 Å². The zero-order valence-electron chi connectivity index (χ0n) is 10.3. The molecule has 0 aliphatic carbocycles. The predicted octanol–water partition coefficient (Wildman–Crippen LogP) is 2.11. The summed E-state index contributed by atoms with van der Waals surface area (Å²) in [5, 5.41) is 10.7. The molecule has 2 heterocycles. The molecule has 0 radical (unpaired) electrons. The van der Waals surface area contributed by atoms with Gasteiger partial charge in [-0.3, -0.25) is 20.0 Å². The van der Waals surface area contributed by atoms with Crippen LogP contribution in [0.4, 0.5) is 0 Å². The molecule has 0 fully saturated rings. The van der Waals surface area contributed by atoms with Gasteiger partial charge in [0.1, 0.15) is 0 Å². The molecule has 2 amide bonds. The minimum absolute atomic E-state index is 0.341. The molecule has 1 aromatic heterocycles. The Morgan fingerprint density at radius 3 is 2.60 bits per heavy atom. The van der Waals surface area contributed by atoms with Crippen LogP contribution in [0, 0.1) is 0 Å². The van der Waals surface area contributed by atoms with Gasteiger partial charge in [0.05, 0.1) is 17.3 Å². The highest BCUT2D eigenvalue weighted by molar-refractivity contribution is 6.29. The van der Waals surface area contributed by atoms with Gasteiger partial charge in [0, 0.05) is 11.8 Å². The fourth-order valence-electron chi connectivity index (χ4n) is 2.67. The van der Waals surface area contributed by atoms with Gasteiger partial charge >= 0.3 is 0 Å². The summed E-state index contributed by atoms with van der Waals surface area (Å²) in [6, 6.07) is 9.46. The first-order valence-corrected chi connectivity index (χ1v) is 6.16. The minimum atomic E-state index is -0.355. The van der Waals surface area contributed by atoms with Gasteiger partial charge in [-0.15, -0.1) is 0 Å². The second kappa shape index (κ2) is 3.77. The Hall–Kier alpha value is -2.95. The third-order valence-electron chi connectivity index (χ3n) is 3.54. The maximum absolute atomic E-state index is 12.1. The molecule has 96 valence electrons. The van der Waals surface area contributed by atoms with E-state index in [-0.39, 0.29) is 11.8 Å². The number of nitrogens with one attached hydrogen (secondary N) is 2. The number of H-pyrrole nitrogens is 1. The molecular weight excluding hydrogens is 254 g/mol. The van der Waals surface area contributed by atoms with Crippen molar-refractivity contribution in [1.29, 1.82) is 0 Å². The fourth-order valence-corrected chi connectivity index (χ4v) is 2.67. The lowest BCUT2D eigenvalue weighted by Crippen LogP contribution is -2.20. The summed E-state index contributed by atoms with van der Waals surface area (Å²) in [6.07, 6.45) is 3.35. The molecule has 3 aromatic rings. The van der Waals surface area contributed by atoms with Crippen molar-refractivity contribution >= 4 is 22.6 Å². The quantitative estimate of drug-likeness (QED) is 0.660. The van der Waals surface area contributed by atoms with Crippen LogP contribution in [0.3, 0.4) is 0 Å². The first kappa shape index (κ1) is 10.9. The Morgan fingerprint density at radius 2 is 1.80 bits per heavy atom. The van der Waals surface area contributed by atoms with Crippen molar-refractivity contribution in [1.82, 2.24) is 15.5 Å². The number of rotatable bonds is 1. The molecular formula is C15H9N3O2. The molecule has 0 spiro atoms. The van der Waals surface area contributed by atoms with E-state index in [0.29, 0.717) is 11.1 Å². The number of aromatic nitrogens is 2. The van der Waals surface area contributed by atoms with Crippen LogP contribution in [0.1, 0.15) is 20.7 Å². The monoisotopic (exact) mass is 263 g/mol. The van der Waals surface area contributed by atoms with Crippen LogP contribution < -0.4 is 5.32 Å². The maximum atomic E-state index is 12.1. The standard InChI is InChI=1S/C15H9N3O2/c19-14-12-10-4-2-1-3-8(10)5-11(9-6-16-17-7-9)13(12)15(20)18-14/h1-7H,(H,16,17)(H,18,19,20). The van der Waals surface area contributed by atoms with Crippen molar-refractivity contribution in [2.75, 3.05) is 0 Å². The van der Waals surface area contributed by atoms with Crippen LogP contribution in [-0.2, 0) is 0 Å². The van der Waals surface area contributed by atoms with Crippen LogP contribution in [-0.4, -0.2) is 22.0 Å². The van der Waals surface area contributed by atoms with Gasteiger partial charge in [-0.05, 0) is 22.4 Å². The molecule has 1 aliphatic heterocycles. The second-order valence-corrected chi connectivity index (χ2v) is 4.67. The first-order valence-electron chi connectivity index (χ1n) is 6.16. The molecule has 2 aromatic carbocycles. The van der Waals surface area contributed by atoms with Crippen molar-refractivity contribution in [3.8, 4) is 11.1 Å². The Kier molecular flexibility index (Phi) is 2.06. The summed E-state index contributed by atoms with van der Waals surface area (Å²) in [7, 11) is 0. The van der Waals surface area contributed by atoms with Crippen molar-refractivity contribution in [2.24, 2.45) is 0 Å². The van der Waals surface area contributed by atoms with Gasteiger partial charge in [0.2, 0.25) is 0 Å². The van der Waals surface area contributed by atoms with Crippen LogP contribution in [0.2, 0.25) is 0 Å². The number of hydrogen-bond donors (Lipinski definition) is 2. The van der Waals surface area contributed by atoms with Crippen molar-refractivity contribution in [3.05, 3.63) is 53.9 Å². The molecule has 1 aliphatic rings. The topological polar surface area (TPSA) is 74.8 Å². The van der Waals surface area contributed by atoms with E-state index in [1.54, 1.807) is 12.4 Å². The number of amides is 2. The van der Waals surface area contributed by atoms with Crippen LogP contribution in [0.5, 0.6) is 0 Å². The summed E-state index contributed by atoms with van der Waals surface area (Å²) in [6.45, 7) is 0. The molecule has 5 nitrogen and oxygen atoms in total. The molecule has 5 heteroatoms. The predicted molar refractivity (Wildman–Crippen MR) is 73.3 cm³/mol. The number of imide groups is 1. The van der Waals surface area contributed by atoms with Gasteiger partial charge in [-0.25, -0.2) is 0 Å². The van der Waals surface area contributed by atoms with E-state index in [1.165, 1.54) is 0 Å². The highest BCUT2D eigenvalue weighted by Crippen LogP contribution is 2.34. The lowest BCUT2D eigenvalue weighted by atomic mass is 9.93. The molecule has 2 N–H and O–H groups in total. The number of carbonyl (C=O) groups excluding carboxylic acids is 2. The van der Waals surface area contributed by atoms with Crippen molar-refractivity contribution < 1.29 is 9.59 Å². The van der Waals surface area contributed by atoms with E-state index in [4.69, 9.17) is 0 Å². The van der Waals surface area contributed by atoms with E-state index >= 15 is 0 Å². The van der Waals surface area contributed by atoms with E-state index in [0.717, 1.165) is 21.9 Å². The number of carbonyl (C=O) groups is 2. The summed E-state index contributed by atoms with van der Waals surface area (Å²) >= 11 is 0. The summed E-state index contributed by atoms with van der Waals surface area (Å²) in [5.41, 5.74) is 2.38. The maximum Gasteiger partial charge on any atom is 0.259 e. The molecule has 0 bridgehead atoms. The zero-order chi connectivity index (χ0) is 13.7. The van der Waals surface area contributed by atoms with Crippen molar-refractivity contribution in [3.63, 3.8) is 0 Å². The lowest BCUT2D eigenvalue weighted by molar-refractivity contribution is 0.0880. The van der Waals surface area contributed by atoms with Gasteiger partial charge in [-0.2, -0.15) is 5.10 Å². The number of aromatic amines is 1. The molecule has 0 saturated carbocycles. The van der Waals surface area contributed by atoms with Gasteiger partial charge in [-0.1, -0.05) is 24.3 Å². The second-order valence-electron chi connectivity index (χ2n) is 4.67. The SMILES string of the molecule is O=C1NC(=O)c2c1c(-c1cn[nH]c1)cc1ccccc21. The molecule has 0 saturated heterocycles. The third kappa shape index (κ3) is 1.34. The minimum Gasteiger partial charge on any atom is -0.288 e. The summed E-state index contributed by atoms with van der Waals surface area (Å²) < 4.78 is 0. The number of benzene rings is 2.